The van der Waals surface area contributed by atoms with Crippen LogP contribution in [0.3, 0.4) is 0 Å². The Morgan fingerprint density at radius 1 is 1.25 bits per heavy atom. The Hall–Kier alpha value is -2.30. The van der Waals surface area contributed by atoms with Crippen molar-refractivity contribution in [3.05, 3.63) is 47.3 Å². The molecule has 0 unspecified atom stereocenters. The van der Waals surface area contributed by atoms with Crippen LogP contribution in [0.5, 0.6) is 5.75 Å². The standard InChI is InChI=1S/C23H33N3O2/c1-3-20-16-22(26(2)25-20)23(27)24-17-19-12-8-13-21(15-19)28-14-6-4-5-9-18-10-7-11-18/h8,12-13,15-16,18H,3-7,9-11,14,17H2,1-2H3,(H,24,27). The van der Waals surface area contributed by atoms with Crippen LogP contribution in [0.1, 0.15) is 73.6 Å². The molecule has 1 aliphatic rings. The van der Waals surface area contributed by atoms with Crippen molar-refractivity contribution in [1.29, 1.82) is 0 Å². The van der Waals surface area contributed by atoms with Crippen molar-refractivity contribution in [2.24, 2.45) is 13.0 Å². The summed E-state index contributed by atoms with van der Waals surface area (Å²) in [7, 11) is 1.80. The van der Waals surface area contributed by atoms with Gasteiger partial charge in [-0.2, -0.15) is 5.10 Å². The highest BCUT2D eigenvalue weighted by molar-refractivity contribution is 5.92. The summed E-state index contributed by atoms with van der Waals surface area (Å²) in [5.74, 6) is 1.78. The van der Waals surface area contributed by atoms with Crippen molar-refractivity contribution in [3.8, 4) is 5.75 Å². The van der Waals surface area contributed by atoms with E-state index in [-0.39, 0.29) is 5.91 Å². The second-order valence-electron chi connectivity index (χ2n) is 7.82. The van der Waals surface area contributed by atoms with Gasteiger partial charge >= 0.3 is 0 Å². The number of nitrogens with one attached hydrogen (secondary N) is 1. The van der Waals surface area contributed by atoms with E-state index in [2.05, 4.69) is 10.4 Å². The van der Waals surface area contributed by atoms with Crippen molar-refractivity contribution in [2.45, 2.75) is 64.8 Å². The molecule has 1 aromatic carbocycles. The van der Waals surface area contributed by atoms with E-state index >= 15 is 0 Å². The number of carbonyl (C=O) groups is 1. The lowest BCUT2D eigenvalue weighted by atomic mass is 9.82. The first-order valence-corrected chi connectivity index (χ1v) is 10.7. The first-order chi connectivity index (χ1) is 13.7. The normalized spacial score (nSPS) is 13.9. The summed E-state index contributed by atoms with van der Waals surface area (Å²) in [6.07, 6.45) is 10.2. The van der Waals surface area contributed by atoms with Gasteiger partial charge in [0.15, 0.2) is 0 Å². The number of amides is 1. The Labute approximate surface area is 168 Å². The molecule has 1 N–H and O–H groups in total. The van der Waals surface area contributed by atoms with E-state index in [1.54, 1.807) is 11.7 Å². The molecule has 1 heterocycles. The minimum Gasteiger partial charge on any atom is -0.494 e. The quantitative estimate of drug-likeness (QED) is 0.575. The number of aromatic nitrogens is 2. The molecule has 3 rings (SSSR count). The van der Waals surface area contributed by atoms with Crippen molar-refractivity contribution >= 4 is 5.91 Å². The molecule has 0 saturated heterocycles. The molecule has 0 aliphatic heterocycles. The van der Waals surface area contributed by atoms with Crippen LogP contribution in [0, 0.1) is 5.92 Å². The van der Waals surface area contributed by atoms with Crippen molar-refractivity contribution in [2.75, 3.05) is 6.61 Å². The summed E-state index contributed by atoms with van der Waals surface area (Å²) in [5.41, 5.74) is 2.55. The van der Waals surface area contributed by atoms with Crippen molar-refractivity contribution in [3.63, 3.8) is 0 Å². The number of rotatable bonds is 11. The highest BCUT2D eigenvalue weighted by Gasteiger charge is 2.16. The van der Waals surface area contributed by atoms with Crippen LogP contribution in [0.4, 0.5) is 0 Å². The van der Waals surface area contributed by atoms with Gasteiger partial charge in [-0.15, -0.1) is 0 Å². The highest BCUT2D eigenvalue weighted by atomic mass is 16.5. The minimum atomic E-state index is -0.104. The van der Waals surface area contributed by atoms with Crippen molar-refractivity contribution < 1.29 is 9.53 Å². The van der Waals surface area contributed by atoms with Gasteiger partial charge in [-0.05, 0) is 42.5 Å². The summed E-state index contributed by atoms with van der Waals surface area (Å²) >= 11 is 0. The van der Waals surface area contributed by atoms with Crippen LogP contribution in [-0.2, 0) is 20.0 Å². The van der Waals surface area contributed by atoms with Gasteiger partial charge < -0.3 is 10.1 Å². The number of unbranched alkanes of at least 4 members (excludes halogenated alkanes) is 2. The molecule has 1 amide bonds. The third-order valence-electron chi connectivity index (χ3n) is 5.63. The summed E-state index contributed by atoms with van der Waals surface area (Å²) in [5, 5.41) is 7.30. The first-order valence-electron chi connectivity index (χ1n) is 10.7. The number of benzene rings is 1. The van der Waals surface area contributed by atoms with E-state index in [1.807, 2.05) is 37.3 Å². The van der Waals surface area contributed by atoms with E-state index in [0.717, 1.165) is 42.4 Å². The molecule has 1 aliphatic carbocycles. The predicted molar refractivity (Wildman–Crippen MR) is 112 cm³/mol. The van der Waals surface area contributed by atoms with E-state index < -0.39 is 0 Å². The first kappa shape index (κ1) is 20.4. The second-order valence-corrected chi connectivity index (χ2v) is 7.82. The van der Waals surface area contributed by atoms with Gasteiger partial charge in [0.25, 0.3) is 5.91 Å². The fourth-order valence-corrected chi connectivity index (χ4v) is 3.61. The Morgan fingerprint density at radius 2 is 2.11 bits per heavy atom. The molecule has 0 bridgehead atoms. The van der Waals surface area contributed by atoms with E-state index in [0.29, 0.717) is 12.2 Å². The van der Waals surface area contributed by atoms with Crippen LogP contribution >= 0.6 is 0 Å². The lowest BCUT2D eigenvalue weighted by Crippen LogP contribution is -2.25. The Balaban J connectivity index is 1.38. The topological polar surface area (TPSA) is 56.1 Å². The Morgan fingerprint density at radius 3 is 2.82 bits per heavy atom. The molecule has 1 saturated carbocycles. The van der Waals surface area contributed by atoms with Crippen LogP contribution in [-0.4, -0.2) is 22.3 Å². The van der Waals surface area contributed by atoms with Gasteiger partial charge in [0, 0.05) is 13.6 Å². The average molecular weight is 384 g/mol. The fourth-order valence-electron chi connectivity index (χ4n) is 3.61. The maximum Gasteiger partial charge on any atom is 0.269 e. The van der Waals surface area contributed by atoms with E-state index in [1.165, 1.54) is 38.5 Å². The summed E-state index contributed by atoms with van der Waals surface area (Å²) in [4.78, 5) is 12.4. The lowest BCUT2D eigenvalue weighted by molar-refractivity contribution is 0.0941. The van der Waals surface area contributed by atoms with Crippen molar-refractivity contribution in [1.82, 2.24) is 15.1 Å². The number of aryl methyl sites for hydroxylation is 2. The molecule has 0 radical (unpaired) electrons. The predicted octanol–water partition coefficient (Wildman–Crippen LogP) is 4.65. The van der Waals surface area contributed by atoms with Crippen LogP contribution in [0.15, 0.2) is 30.3 Å². The maximum absolute atomic E-state index is 12.4. The van der Waals surface area contributed by atoms with E-state index in [4.69, 9.17) is 4.74 Å². The maximum atomic E-state index is 12.4. The summed E-state index contributed by atoms with van der Waals surface area (Å²) in [6.45, 7) is 3.27. The number of carbonyl (C=O) groups excluding carboxylic acids is 1. The molecule has 28 heavy (non-hydrogen) atoms. The lowest BCUT2D eigenvalue weighted by Gasteiger charge is -2.24. The van der Waals surface area contributed by atoms with Gasteiger partial charge in [0.2, 0.25) is 0 Å². The molecule has 1 aromatic heterocycles. The monoisotopic (exact) mass is 383 g/mol. The smallest absolute Gasteiger partial charge is 0.269 e. The summed E-state index contributed by atoms with van der Waals surface area (Å²) < 4.78 is 7.53. The molecular formula is C23H33N3O2. The molecule has 5 nitrogen and oxygen atoms in total. The highest BCUT2D eigenvalue weighted by Crippen LogP contribution is 2.30. The zero-order valence-corrected chi connectivity index (χ0v) is 17.2. The third kappa shape index (κ3) is 5.85. The van der Waals surface area contributed by atoms with Crippen LogP contribution in [0.2, 0.25) is 0 Å². The molecule has 0 atom stereocenters. The third-order valence-corrected chi connectivity index (χ3v) is 5.63. The Kier molecular flexibility index (Phi) is 7.52. The number of nitrogens with zero attached hydrogens (tertiary/aromatic N) is 2. The average Bonchev–Trinajstić information content (AvgIpc) is 3.05. The summed E-state index contributed by atoms with van der Waals surface area (Å²) in [6, 6.07) is 9.82. The number of hydrogen-bond donors (Lipinski definition) is 1. The zero-order chi connectivity index (χ0) is 19.8. The minimum absolute atomic E-state index is 0.104. The van der Waals surface area contributed by atoms with Gasteiger partial charge in [-0.1, -0.05) is 57.6 Å². The zero-order valence-electron chi connectivity index (χ0n) is 17.2. The Bertz CT molecular complexity index is 765. The molecule has 2 aromatic rings. The van der Waals surface area contributed by atoms with Gasteiger partial charge in [-0.3, -0.25) is 9.48 Å². The van der Waals surface area contributed by atoms with Crippen LogP contribution < -0.4 is 10.1 Å². The SMILES string of the molecule is CCc1cc(C(=O)NCc2cccc(OCCCCCC3CCC3)c2)n(C)n1. The largest absolute Gasteiger partial charge is 0.494 e. The van der Waals surface area contributed by atoms with Crippen LogP contribution in [0.25, 0.3) is 0 Å². The number of ether oxygens (including phenoxy) is 1. The van der Waals surface area contributed by atoms with Gasteiger partial charge in [0.1, 0.15) is 11.4 Å². The molecule has 152 valence electrons. The number of hydrogen-bond acceptors (Lipinski definition) is 3. The second kappa shape index (κ2) is 10.3. The fraction of sp³-hybridized carbons (Fsp3) is 0.565. The molecular weight excluding hydrogens is 350 g/mol. The molecule has 0 spiro atoms. The van der Waals surface area contributed by atoms with Gasteiger partial charge in [-0.25, -0.2) is 0 Å². The van der Waals surface area contributed by atoms with E-state index in [9.17, 15) is 4.79 Å². The van der Waals surface area contributed by atoms with Gasteiger partial charge in [0.05, 0.1) is 12.3 Å². The molecule has 1 fully saturated rings. The molecule has 5 heteroatoms.